The maximum atomic E-state index is 14.2. The van der Waals surface area contributed by atoms with Crippen molar-refractivity contribution in [1.82, 2.24) is 4.98 Å². The summed E-state index contributed by atoms with van der Waals surface area (Å²) in [6.45, 7) is 1.51. The molecule has 0 aliphatic carbocycles. The third kappa shape index (κ3) is 2.75. The first-order valence-corrected chi connectivity index (χ1v) is 9.30. The summed E-state index contributed by atoms with van der Waals surface area (Å²) in [4.78, 5) is 15.4. The lowest BCUT2D eigenvalue weighted by Gasteiger charge is -2.10. The summed E-state index contributed by atoms with van der Waals surface area (Å²) in [5, 5.41) is 21.3. The fourth-order valence-electron chi connectivity index (χ4n) is 3.11. The van der Waals surface area contributed by atoms with E-state index in [2.05, 4.69) is 4.98 Å². The SMILES string of the molecule is Cc1ccc(-c2c(Cl)sc3[nH]c(=O)c(-c4ccc(F)cc4)c(O)c23)c(O)c1F. The Labute approximate surface area is 166 Å². The van der Waals surface area contributed by atoms with Crippen LogP contribution in [-0.2, 0) is 0 Å². The Morgan fingerprint density at radius 1 is 1.00 bits per heavy atom. The van der Waals surface area contributed by atoms with Crippen LogP contribution in [0.25, 0.3) is 32.5 Å². The zero-order valence-electron chi connectivity index (χ0n) is 14.3. The number of aromatic amines is 1. The average Bonchev–Trinajstić information content (AvgIpc) is 2.97. The van der Waals surface area contributed by atoms with Gasteiger partial charge in [-0.05, 0) is 30.2 Å². The largest absolute Gasteiger partial charge is 0.506 e. The second-order valence-corrected chi connectivity index (χ2v) is 7.85. The number of nitrogens with one attached hydrogen (secondary N) is 1. The topological polar surface area (TPSA) is 73.3 Å². The lowest BCUT2D eigenvalue weighted by atomic mass is 9.99. The quantitative estimate of drug-likeness (QED) is 0.397. The third-order valence-corrected chi connectivity index (χ3v) is 5.82. The van der Waals surface area contributed by atoms with Gasteiger partial charge < -0.3 is 15.2 Å². The highest BCUT2D eigenvalue weighted by Gasteiger charge is 2.24. The fourth-order valence-corrected chi connectivity index (χ4v) is 4.47. The zero-order valence-corrected chi connectivity index (χ0v) is 15.9. The van der Waals surface area contributed by atoms with Crippen LogP contribution >= 0.6 is 22.9 Å². The Kier molecular flexibility index (Phi) is 4.36. The molecule has 2 aromatic carbocycles. The van der Waals surface area contributed by atoms with Crippen LogP contribution < -0.4 is 5.56 Å². The van der Waals surface area contributed by atoms with Crippen molar-refractivity contribution in [2.45, 2.75) is 6.92 Å². The van der Waals surface area contributed by atoms with Gasteiger partial charge in [0, 0.05) is 11.1 Å². The first-order valence-electron chi connectivity index (χ1n) is 8.11. The highest BCUT2D eigenvalue weighted by molar-refractivity contribution is 7.23. The number of phenols is 1. The van der Waals surface area contributed by atoms with Crippen molar-refractivity contribution in [3.05, 3.63) is 68.3 Å². The first-order chi connectivity index (χ1) is 13.3. The molecule has 0 bridgehead atoms. The van der Waals surface area contributed by atoms with Crippen LogP contribution in [0, 0.1) is 18.6 Å². The summed E-state index contributed by atoms with van der Waals surface area (Å²) in [7, 11) is 0. The molecule has 4 rings (SSSR count). The molecule has 0 radical (unpaired) electrons. The number of hydrogen-bond donors (Lipinski definition) is 3. The van der Waals surface area contributed by atoms with Crippen molar-refractivity contribution in [3.63, 3.8) is 0 Å². The Morgan fingerprint density at radius 3 is 2.36 bits per heavy atom. The number of phenolic OH excluding ortho intramolecular Hbond substituents is 1. The van der Waals surface area contributed by atoms with Gasteiger partial charge in [-0.1, -0.05) is 35.9 Å². The molecule has 4 nitrogen and oxygen atoms in total. The standard InChI is InChI=1S/C20H12ClF2NO3S/c1-8-2-7-11(16(25)15(8)23)13-14-17(26)12(9-3-5-10(22)6-4-9)19(27)24-20(14)28-18(13)21/h2-7,25H,1H3,(H2,24,26,27). The number of aryl methyl sites for hydroxylation is 1. The molecule has 3 N–H and O–H groups in total. The molecule has 28 heavy (non-hydrogen) atoms. The number of fused-ring (bicyclic) bond motifs is 1. The number of halogens is 3. The lowest BCUT2D eigenvalue weighted by molar-refractivity contribution is 0.432. The number of H-pyrrole nitrogens is 1. The van der Waals surface area contributed by atoms with Gasteiger partial charge in [0.05, 0.1) is 10.9 Å². The molecular weight excluding hydrogens is 408 g/mol. The second-order valence-electron chi connectivity index (χ2n) is 6.23. The van der Waals surface area contributed by atoms with E-state index in [9.17, 15) is 23.8 Å². The van der Waals surface area contributed by atoms with Gasteiger partial charge in [0.2, 0.25) is 0 Å². The average molecular weight is 420 g/mol. The molecule has 142 valence electrons. The summed E-state index contributed by atoms with van der Waals surface area (Å²) in [6.07, 6.45) is 0. The minimum atomic E-state index is -0.796. The Balaban J connectivity index is 2.09. The van der Waals surface area contributed by atoms with Gasteiger partial charge in [-0.3, -0.25) is 4.79 Å². The van der Waals surface area contributed by atoms with Gasteiger partial charge >= 0.3 is 0 Å². The molecule has 0 atom stereocenters. The van der Waals surface area contributed by atoms with Crippen molar-refractivity contribution < 1.29 is 19.0 Å². The number of benzene rings is 2. The molecule has 2 aromatic heterocycles. The monoisotopic (exact) mass is 419 g/mol. The molecule has 0 saturated heterocycles. The van der Waals surface area contributed by atoms with E-state index in [-0.39, 0.29) is 42.6 Å². The Morgan fingerprint density at radius 2 is 1.68 bits per heavy atom. The molecule has 8 heteroatoms. The van der Waals surface area contributed by atoms with Crippen LogP contribution in [0.4, 0.5) is 8.78 Å². The van der Waals surface area contributed by atoms with E-state index in [1.165, 1.54) is 43.3 Å². The number of pyridine rings is 1. The predicted molar refractivity (Wildman–Crippen MR) is 106 cm³/mol. The van der Waals surface area contributed by atoms with Gasteiger partial charge in [0.15, 0.2) is 11.6 Å². The molecule has 4 aromatic rings. The van der Waals surface area contributed by atoms with E-state index in [0.29, 0.717) is 5.56 Å². The molecular formula is C20H12ClF2NO3S. The molecule has 2 heterocycles. The maximum absolute atomic E-state index is 14.2. The molecule has 0 amide bonds. The van der Waals surface area contributed by atoms with Crippen LogP contribution in [0.1, 0.15) is 5.56 Å². The normalized spacial score (nSPS) is 11.3. The van der Waals surface area contributed by atoms with Crippen LogP contribution in [0.15, 0.2) is 41.2 Å². The Hall–Kier alpha value is -2.90. The van der Waals surface area contributed by atoms with Gasteiger partial charge in [0.1, 0.15) is 20.7 Å². The number of rotatable bonds is 2. The third-order valence-electron chi connectivity index (χ3n) is 4.50. The minimum Gasteiger partial charge on any atom is -0.506 e. The summed E-state index contributed by atoms with van der Waals surface area (Å²) < 4.78 is 27.6. The Bertz CT molecular complexity index is 1300. The fraction of sp³-hybridized carbons (Fsp3) is 0.0500. The molecule has 0 fully saturated rings. The van der Waals surface area contributed by atoms with Crippen LogP contribution in [0.5, 0.6) is 11.5 Å². The molecule has 0 unspecified atom stereocenters. The molecule has 0 aliphatic rings. The molecule has 0 saturated carbocycles. The molecule has 0 spiro atoms. The van der Waals surface area contributed by atoms with Gasteiger partial charge in [-0.25, -0.2) is 8.78 Å². The summed E-state index contributed by atoms with van der Waals surface area (Å²) in [6, 6.07) is 8.03. The van der Waals surface area contributed by atoms with E-state index in [4.69, 9.17) is 11.6 Å². The lowest BCUT2D eigenvalue weighted by Crippen LogP contribution is -2.08. The minimum absolute atomic E-state index is 0.0738. The van der Waals surface area contributed by atoms with Crippen LogP contribution in [0.3, 0.4) is 0 Å². The zero-order chi connectivity index (χ0) is 20.2. The van der Waals surface area contributed by atoms with Crippen molar-refractivity contribution in [2.24, 2.45) is 0 Å². The van der Waals surface area contributed by atoms with Gasteiger partial charge in [-0.15, -0.1) is 11.3 Å². The van der Waals surface area contributed by atoms with E-state index < -0.39 is 22.9 Å². The van der Waals surface area contributed by atoms with Crippen molar-refractivity contribution in [2.75, 3.05) is 0 Å². The second kappa shape index (κ2) is 6.61. The first kappa shape index (κ1) is 18.5. The van der Waals surface area contributed by atoms with E-state index in [1.807, 2.05) is 0 Å². The highest BCUT2D eigenvalue weighted by Crippen LogP contribution is 2.49. The molecule has 0 aliphatic heterocycles. The van der Waals surface area contributed by atoms with Crippen molar-refractivity contribution in [3.8, 4) is 33.8 Å². The van der Waals surface area contributed by atoms with Gasteiger partial charge in [0.25, 0.3) is 5.56 Å². The number of hydrogen-bond acceptors (Lipinski definition) is 4. The number of thiophene rings is 1. The van der Waals surface area contributed by atoms with Gasteiger partial charge in [-0.2, -0.15) is 0 Å². The van der Waals surface area contributed by atoms with E-state index in [0.717, 1.165) is 11.3 Å². The van der Waals surface area contributed by atoms with E-state index in [1.54, 1.807) is 0 Å². The van der Waals surface area contributed by atoms with Crippen LogP contribution in [0.2, 0.25) is 4.34 Å². The number of aromatic hydroxyl groups is 2. The highest BCUT2D eigenvalue weighted by atomic mass is 35.5. The summed E-state index contributed by atoms with van der Waals surface area (Å²) in [5.74, 6) is -2.27. The van der Waals surface area contributed by atoms with Crippen molar-refractivity contribution >= 4 is 33.2 Å². The van der Waals surface area contributed by atoms with E-state index >= 15 is 0 Å². The van der Waals surface area contributed by atoms with Crippen LogP contribution in [-0.4, -0.2) is 15.2 Å². The number of aromatic nitrogens is 1. The maximum Gasteiger partial charge on any atom is 0.260 e. The van der Waals surface area contributed by atoms with Crippen molar-refractivity contribution in [1.29, 1.82) is 0 Å². The predicted octanol–water partition coefficient (Wildman–Crippen LogP) is 5.57. The summed E-state index contributed by atoms with van der Waals surface area (Å²) in [5.41, 5.74) is 0.189. The smallest absolute Gasteiger partial charge is 0.260 e. The summed E-state index contributed by atoms with van der Waals surface area (Å²) >= 11 is 7.30.